The molecule has 0 radical (unpaired) electrons. The number of hydrogen-bond acceptors (Lipinski definition) is 2. The molecule has 3 nitrogen and oxygen atoms in total. The van der Waals surface area contributed by atoms with Gasteiger partial charge >= 0.3 is 0 Å². The van der Waals surface area contributed by atoms with E-state index in [1.54, 1.807) is 6.07 Å². The van der Waals surface area contributed by atoms with Crippen molar-refractivity contribution in [2.75, 3.05) is 19.6 Å². The summed E-state index contributed by atoms with van der Waals surface area (Å²) in [6.45, 7) is 3.05. The fourth-order valence-corrected chi connectivity index (χ4v) is 3.39. The molecule has 1 aromatic rings. The summed E-state index contributed by atoms with van der Waals surface area (Å²) in [5.74, 6) is 0.492. The molecule has 2 aliphatic rings. The first kappa shape index (κ1) is 14.4. The maximum atomic E-state index is 12.2. The molecule has 1 saturated heterocycles. The van der Waals surface area contributed by atoms with Gasteiger partial charge in [0.25, 0.3) is 5.91 Å². The minimum absolute atomic E-state index is 0.0822. The van der Waals surface area contributed by atoms with Gasteiger partial charge in [0, 0.05) is 23.6 Å². The average Bonchev–Trinajstić information content (AvgIpc) is 3.18. The second-order valence-electron chi connectivity index (χ2n) is 5.69. The highest BCUT2D eigenvalue weighted by atomic mass is 79.9. The van der Waals surface area contributed by atoms with E-state index in [-0.39, 0.29) is 5.91 Å². The van der Waals surface area contributed by atoms with Gasteiger partial charge in [-0.1, -0.05) is 17.7 Å². The summed E-state index contributed by atoms with van der Waals surface area (Å²) in [4.78, 5) is 14.7. The summed E-state index contributed by atoms with van der Waals surface area (Å²) < 4.78 is 0.757. The number of amides is 1. The first-order valence-electron chi connectivity index (χ1n) is 7.11. The molecular weight excluding hydrogens is 340 g/mol. The van der Waals surface area contributed by atoms with Gasteiger partial charge in [0.1, 0.15) is 0 Å². The Bertz CT molecular complexity index is 519. The molecule has 1 amide bonds. The van der Waals surface area contributed by atoms with Crippen LogP contribution in [0.3, 0.4) is 0 Å². The van der Waals surface area contributed by atoms with E-state index < -0.39 is 0 Å². The van der Waals surface area contributed by atoms with Gasteiger partial charge in [-0.05, 0) is 59.8 Å². The van der Waals surface area contributed by atoms with Gasteiger partial charge < -0.3 is 10.2 Å². The minimum Gasteiger partial charge on any atom is -0.352 e. The number of carbonyl (C=O) groups excluding carboxylic acids is 1. The largest absolute Gasteiger partial charge is 0.352 e. The lowest BCUT2D eigenvalue weighted by Crippen LogP contribution is -2.31. The van der Waals surface area contributed by atoms with Gasteiger partial charge in [-0.15, -0.1) is 0 Å². The van der Waals surface area contributed by atoms with E-state index in [2.05, 4.69) is 26.1 Å². The molecule has 1 heterocycles. The number of halogens is 2. The Kier molecular flexibility index (Phi) is 4.34. The molecule has 0 bridgehead atoms. The van der Waals surface area contributed by atoms with Gasteiger partial charge in [0.05, 0.1) is 10.6 Å². The lowest BCUT2D eigenvalue weighted by atomic mass is 10.1. The molecule has 5 heteroatoms. The van der Waals surface area contributed by atoms with E-state index in [4.69, 9.17) is 11.6 Å². The zero-order valence-electron chi connectivity index (χ0n) is 11.2. The summed E-state index contributed by atoms with van der Waals surface area (Å²) in [5.41, 5.74) is 0.540. The van der Waals surface area contributed by atoms with E-state index in [1.807, 2.05) is 12.1 Å². The number of nitrogens with one attached hydrogen (secondary N) is 1. The summed E-state index contributed by atoms with van der Waals surface area (Å²) in [7, 11) is 0. The number of likely N-dealkylation sites (tertiary alicyclic amines) is 1. The van der Waals surface area contributed by atoms with Crippen LogP contribution in [-0.2, 0) is 0 Å². The summed E-state index contributed by atoms with van der Waals surface area (Å²) >= 11 is 9.48. The molecule has 3 rings (SSSR count). The third-order valence-electron chi connectivity index (χ3n) is 4.13. The number of hydrogen-bond donors (Lipinski definition) is 1. The highest BCUT2D eigenvalue weighted by molar-refractivity contribution is 9.10. The standard InChI is InChI=1S/C15H18BrClN2O/c16-13-3-1-2-12(14(13)17)15(20)18-8-10-6-7-19(9-10)11-4-5-11/h1-3,10-11H,4-9H2,(H,18,20). The van der Waals surface area contributed by atoms with E-state index in [0.717, 1.165) is 23.6 Å². The normalized spacial score (nSPS) is 23.0. The highest BCUT2D eigenvalue weighted by Gasteiger charge is 2.34. The van der Waals surface area contributed by atoms with E-state index in [0.29, 0.717) is 16.5 Å². The number of carbonyl (C=O) groups is 1. The highest BCUT2D eigenvalue weighted by Crippen LogP contribution is 2.31. The van der Waals surface area contributed by atoms with Crippen LogP contribution in [0.2, 0.25) is 5.02 Å². The quantitative estimate of drug-likeness (QED) is 0.896. The molecule has 1 atom stereocenters. The second-order valence-corrected chi connectivity index (χ2v) is 6.92. The van der Waals surface area contributed by atoms with Crippen LogP contribution < -0.4 is 5.32 Å². The van der Waals surface area contributed by atoms with E-state index >= 15 is 0 Å². The smallest absolute Gasteiger partial charge is 0.252 e. The molecule has 1 unspecified atom stereocenters. The van der Waals surface area contributed by atoms with Crippen LogP contribution in [-0.4, -0.2) is 36.5 Å². The number of benzene rings is 1. The van der Waals surface area contributed by atoms with Crippen molar-refractivity contribution >= 4 is 33.4 Å². The third-order valence-corrected chi connectivity index (χ3v) is 5.42. The van der Waals surface area contributed by atoms with Gasteiger partial charge in [0.15, 0.2) is 0 Å². The Balaban J connectivity index is 1.53. The van der Waals surface area contributed by atoms with Crippen LogP contribution in [0, 0.1) is 5.92 Å². The van der Waals surface area contributed by atoms with Gasteiger partial charge in [-0.3, -0.25) is 4.79 Å². The summed E-state index contributed by atoms with van der Waals surface area (Å²) in [6.07, 6.45) is 3.89. The van der Waals surface area contributed by atoms with Gasteiger partial charge in [-0.2, -0.15) is 0 Å². The zero-order chi connectivity index (χ0) is 14.1. The molecule has 1 aliphatic carbocycles. The lowest BCUT2D eigenvalue weighted by molar-refractivity contribution is 0.0947. The van der Waals surface area contributed by atoms with Crippen LogP contribution in [0.5, 0.6) is 0 Å². The van der Waals surface area contributed by atoms with E-state index in [1.165, 1.54) is 25.8 Å². The fourth-order valence-electron chi connectivity index (χ4n) is 2.81. The Morgan fingerprint density at radius 1 is 1.40 bits per heavy atom. The Morgan fingerprint density at radius 2 is 2.20 bits per heavy atom. The van der Waals surface area contributed by atoms with Gasteiger partial charge in [0.2, 0.25) is 0 Å². The van der Waals surface area contributed by atoms with Crippen molar-refractivity contribution in [1.82, 2.24) is 10.2 Å². The molecule has 1 aliphatic heterocycles. The second kappa shape index (κ2) is 6.04. The van der Waals surface area contributed by atoms with Crippen molar-refractivity contribution in [3.63, 3.8) is 0 Å². The summed E-state index contributed by atoms with van der Waals surface area (Å²) in [5, 5.41) is 3.50. The van der Waals surface area contributed by atoms with Gasteiger partial charge in [-0.25, -0.2) is 0 Å². The van der Waals surface area contributed by atoms with Crippen molar-refractivity contribution in [3.8, 4) is 0 Å². The number of nitrogens with zero attached hydrogens (tertiary/aromatic N) is 1. The molecule has 0 aromatic heterocycles. The van der Waals surface area contributed by atoms with Crippen LogP contribution in [0.1, 0.15) is 29.6 Å². The van der Waals surface area contributed by atoms with Crippen LogP contribution in [0.15, 0.2) is 22.7 Å². The van der Waals surface area contributed by atoms with Crippen molar-refractivity contribution in [2.24, 2.45) is 5.92 Å². The maximum Gasteiger partial charge on any atom is 0.252 e. The molecule has 0 spiro atoms. The van der Waals surface area contributed by atoms with Crippen LogP contribution >= 0.6 is 27.5 Å². The zero-order valence-corrected chi connectivity index (χ0v) is 13.6. The predicted molar refractivity (Wildman–Crippen MR) is 84.2 cm³/mol. The van der Waals surface area contributed by atoms with E-state index in [9.17, 15) is 4.79 Å². The van der Waals surface area contributed by atoms with Crippen molar-refractivity contribution in [1.29, 1.82) is 0 Å². The summed E-state index contributed by atoms with van der Waals surface area (Å²) in [6, 6.07) is 6.25. The SMILES string of the molecule is O=C(NCC1CCN(C2CC2)C1)c1cccc(Br)c1Cl. The Hall–Kier alpha value is -0.580. The molecule has 1 N–H and O–H groups in total. The van der Waals surface area contributed by atoms with Crippen molar-refractivity contribution in [3.05, 3.63) is 33.3 Å². The van der Waals surface area contributed by atoms with Crippen molar-refractivity contribution in [2.45, 2.75) is 25.3 Å². The topological polar surface area (TPSA) is 32.3 Å². The molecule has 20 heavy (non-hydrogen) atoms. The lowest BCUT2D eigenvalue weighted by Gasteiger charge is -2.15. The molecular formula is C15H18BrClN2O. The number of rotatable bonds is 4. The maximum absolute atomic E-state index is 12.2. The average molecular weight is 358 g/mol. The van der Waals surface area contributed by atoms with Crippen LogP contribution in [0.4, 0.5) is 0 Å². The first-order valence-corrected chi connectivity index (χ1v) is 8.28. The molecule has 2 fully saturated rings. The minimum atomic E-state index is -0.0822. The Morgan fingerprint density at radius 3 is 2.95 bits per heavy atom. The first-order chi connectivity index (χ1) is 9.65. The van der Waals surface area contributed by atoms with Crippen LogP contribution in [0.25, 0.3) is 0 Å². The third kappa shape index (κ3) is 3.18. The molecule has 1 aromatic carbocycles. The fraction of sp³-hybridized carbons (Fsp3) is 0.533. The monoisotopic (exact) mass is 356 g/mol. The predicted octanol–water partition coefficient (Wildman–Crippen LogP) is 3.32. The molecule has 108 valence electrons. The van der Waals surface area contributed by atoms with Crippen molar-refractivity contribution < 1.29 is 4.79 Å². The molecule has 1 saturated carbocycles. The Labute approximate surface area is 132 Å².